The number of aromatic nitrogens is 1. The molecule has 0 bridgehead atoms. The molecule has 29 heavy (non-hydrogen) atoms. The fourth-order valence-electron chi connectivity index (χ4n) is 2.87. The summed E-state index contributed by atoms with van der Waals surface area (Å²) in [6, 6.07) is 7.57. The van der Waals surface area contributed by atoms with Gasteiger partial charge in [0.2, 0.25) is 6.79 Å². The maximum atomic E-state index is 12.4. The summed E-state index contributed by atoms with van der Waals surface area (Å²) in [4.78, 5) is 30.0. The van der Waals surface area contributed by atoms with Crippen molar-refractivity contribution in [3.8, 4) is 11.5 Å². The number of amides is 1. The third-order valence-corrected chi connectivity index (χ3v) is 6.04. The standard InChI is InChI=1S/C20H18N2O5S2/c1-2-25-19(24)7-8-22-14-10-15-16(27-12-26-15)11-17(14)29-20(22)21-18(23)6-5-13-4-3-9-28-13/h3-6,9-11H,2,7-8,12H2,1H3/b6-5+,21-20?. The Morgan fingerprint density at radius 2 is 2.14 bits per heavy atom. The molecule has 0 unspecified atom stereocenters. The van der Waals surface area contributed by atoms with Crippen LogP contribution in [0, 0.1) is 0 Å². The average molecular weight is 431 g/mol. The highest BCUT2D eigenvalue weighted by molar-refractivity contribution is 7.16. The minimum Gasteiger partial charge on any atom is -0.466 e. The number of hydrogen-bond acceptors (Lipinski definition) is 7. The van der Waals surface area contributed by atoms with E-state index >= 15 is 0 Å². The molecule has 4 rings (SSSR count). The van der Waals surface area contributed by atoms with Crippen LogP contribution >= 0.6 is 22.7 Å². The Labute approximate surface area is 174 Å². The van der Waals surface area contributed by atoms with Crippen LogP contribution in [0.2, 0.25) is 0 Å². The first-order valence-corrected chi connectivity index (χ1v) is 10.7. The van der Waals surface area contributed by atoms with Crippen molar-refractivity contribution in [2.75, 3.05) is 13.4 Å². The largest absolute Gasteiger partial charge is 0.466 e. The summed E-state index contributed by atoms with van der Waals surface area (Å²) in [5.41, 5.74) is 0.831. The molecule has 0 saturated heterocycles. The summed E-state index contributed by atoms with van der Waals surface area (Å²) in [6.07, 6.45) is 3.36. The highest BCUT2D eigenvalue weighted by atomic mass is 32.1. The second-order valence-corrected chi connectivity index (χ2v) is 8.05. The summed E-state index contributed by atoms with van der Waals surface area (Å²) in [7, 11) is 0. The van der Waals surface area contributed by atoms with E-state index in [0.29, 0.717) is 29.5 Å². The number of rotatable bonds is 6. The van der Waals surface area contributed by atoms with E-state index in [1.54, 1.807) is 24.3 Å². The molecule has 0 fully saturated rings. The van der Waals surface area contributed by atoms with Crippen LogP contribution in [0.3, 0.4) is 0 Å². The molecule has 0 radical (unpaired) electrons. The van der Waals surface area contributed by atoms with Crippen molar-refractivity contribution in [3.05, 3.63) is 45.4 Å². The maximum Gasteiger partial charge on any atom is 0.307 e. The zero-order valence-electron chi connectivity index (χ0n) is 15.6. The van der Waals surface area contributed by atoms with Crippen LogP contribution in [-0.4, -0.2) is 29.8 Å². The van der Waals surface area contributed by atoms with Crippen molar-refractivity contribution in [2.45, 2.75) is 19.9 Å². The molecule has 0 aliphatic carbocycles. The first kappa shape index (κ1) is 19.4. The Bertz CT molecular complexity index is 1140. The van der Waals surface area contributed by atoms with Crippen molar-refractivity contribution in [3.63, 3.8) is 0 Å². The van der Waals surface area contributed by atoms with Gasteiger partial charge in [0.15, 0.2) is 16.3 Å². The molecule has 1 aliphatic rings. The van der Waals surface area contributed by atoms with Gasteiger partial charge in [0.25, 0.3) is 5.91 Å². The third kappa shape index (κ3) is 4.41. The Morgan fingerprint density at radius 1 is 1.31 bits per heavy atom. The lowest BCUT2D eigenvalue weighted by molar-refractivity contribution is -0.143. The number of hydrogen-bond donors (Lipinski definition) is 0. The van der Waals surface area contributed by atoms with Crippen LogP contribution in [0.25, 0.3) is 16.3 Å². The van der Waals surface area contributed by atoms with Gasteiger partial charge in [-0.25, -0.2) is 0 Å². The van der Waals surface area contributed by atoms with Crippen molar-refractivity contribution in [1.82, 2.24) is 4.57 Å². The highest BCUT2D eigenvalue weighted by Crippen LogP contribution is 2.37. The van der Waals surface area contributed by atoms with Crippen molar-refractivity contribution in [1.29, 1.82) is 0 Å². The molecule has 2 aromatic heterocycles. The molecule has 7 nitrogen and oxygen atoms in total. The average Bonchev–Trinajstić information content (AvgIpc) is 3.43. The SMILES string of the molecule is CCOC(=O)CCn1c(=NC(=O)/C=C/c2cccs2)sc2cc3c(cc21)OCO3. The number of carbonyl (C=O) groups is 2. The maximum absolute atomic E-state index is 12.4. The van der Waals surface area contributed by atoms with Gasteiger partial charge in [0, 0.05) is 29.6 Å². The highest BCUT2D eigenvalue weighted by Gasteiger charge is 2.18. The number of esters is 1. The predicted octanol–water partition coefficient (Wildman–Crippen LogP) is 3.59. The van der Waals surface area contributed by atoms with Crippen LogP contribution in [0.4, 0.5) is 0 Å². The quantitative estimate of drug-likeness (QED) is 0.441. The molecule has 1 aromatic carbocycles. The normalized spacial score (nSPS) is 13.5. The molecule has 1 aliphatic heterocycles. The first-order chi connectivity index (χ1) is 14.1. The van der Waals surface area contributed by atoms with E-state index in [0.717, 1.165) is 15.1 Å². The van der Waals surface area contributed by atoms with Crippen LogP contribution in [0.1, 0.15) is 18.2 Å². The van der Waals surface area contributed by atoms with Gasteiger partial charge in [-0.1, -0.05) is 17.4 Å². The first-order valence-electron chi connectivity index (χ1n) is 9.03. The lowest BCUT2D eigenvalue weighted by Gasteiger charge is -2.06. The monoisotopic (exact) mass is 430 g/mol. The molecule has 1 amide bonds. The number of ether oxygens (including phenoxy) is 3. The topological polar surface area (TPSA) is 79.1 Å². The molecule has 3 aromatic rings. The Morgan fingerprint density at radius 3 is 2.90 bits per heavy atom. The Kier molecular flexibility index (Phi) is 5.77. The minimum absolute atomic E-state index is 0.179. The summed E-state index contributed by atoms with van der Waals surface area (Å²) in [5, 5.41) is 1.94. The van der Waals surface area contributed by atoms with E-state index in [1.807, 2.05) is 34.2 Å². The number of thiazole rings is 1. The zero-order valence-corrected chi connectivity index (χ0v) is 17.3. The molecule has 0 spiro atoms. The van der Waals surface area contributed by atoms with Gasteiger partial charge in [0.1, 0.15) is 0 Å². The fraction of sp³-hybridized carbons (Fsp3) is 0.250. The van der Waals surface area contributed by atoms with Gasteiger partial charge < -0.3 is 18.8 Å². The van der Waals surface area contributed by atoms with Crippen LogP contribution in [0.15, 0.2) is 40.7 Å². The molecule has 150 valence electrons. The number of thiophene rings is 1. The van der Waals surface area contributed by atoms with Gasteiger partial charge in [-0.15, -0.1) is 11.3 Å². The number of carbonyl (C=O) groups excluding carboxylic acids is 2. The molecule has 0 saturated carbocycles. The van der Waals surface area contributed by atoms with Gasteiger partial charge in [0.05, 0.1) is 23.2 Å². The summed E-state index contributed by atoms with van der Waals surface area (Å²) < 4.78 is 18.7. The van der Waals surface area contributed by atoms with Crippen LogP contribution in [0.5, 0.6) is 11.5 Å². The Balaban J connectivity index is 1.70. The van der Waals surface area contributed by atoms with Crippen molar-refractivity contribution < 1.29 is 23.8 Å². The van der Waals surface area contributed by atoms with Crippen molar-refractivity contribution in [2.24, 2.45) is 4.99 Å². The molecule has 9 heteroatoms. The lowest BCUT2D eigenvalue weighted by Crippen LogP contribution is -2.19. The second kappa shape index (κ2) is 8.62. The summed E-state index contributed by atoms with van der Waals surface area (Å²) >= 11 is 2.91. The van der Waals surface area contributed by atoms with Crippen LogP contribution in [-0.2, 0) is 20.9 Å². The molecule has 3 heterocycles. The number of benzene rings is 1. The van der Waals surface area contributed by atoms with E-state index in [1.165, 1.54) is 17.4 Å². The summed E-state index contributed by atoms with van der Waals surface area (Å²) in [5.74, 6) is 0.632. The Hall–Kier alpha value is -2.91. The number of fused-ring (bicyclic) bond motifs is 2. The van der Waals surface area contributed by atoms with Gasteiger partial charge >= 0.3 is 5.97 Å². The predicted molar refractivity (Wildman–Crippen MR) is 111 cm³/mol. The third-order valence-electron chi connectivity index (χ3n) is 4.16. The van der Waals surface area contributed by atoms with Crippen LogP contribution < -0.4 is 14.3 Å². The molecular weight excluding hydrogens is 412 g/mol. The summed E-state index contributed by atoms with van der Waals surface area (Å²) in [6.45, 7) is 2.62. The van der Waals surface area contributed by atoms with E-state index in [9.17, 15) is 9.59 Å². The van der Waals surface area contributed by atoms with E-state index in [4.69, 9.17) is 14.2 Å². The smallest absolute Gasteiger partial charge is 0.307 e. The van der Waals surface area contributed by atoms with E-state index in [2.05, 4.69) is 4.99 Å². The lowest BCUT2D eigenvalue weighted by atomic mass is 10.3. The fourth-order valence-corrected chi connectivity index (χ4v) is 4.56. The molecular formula is C20H18N2O5S2. The van der Waals surface area contributed by atoms with Crippen molar-refractivity contribution >= 4 is 50.8 Å². The van der Waals surface area contributed by atoms with Gasteiger partial charge in [-0.05, 0) is 24.4 Å². The number of aryl methyl sites for hydroxylation is 1. The van der Waals surface area contributed by atoms with Gasteiger partial charge in [-0.3, -0.25) is 9.59 Å². The van der Waals surface area contributed by atoms with E-state index < -0.39 is 0 Å². The van der Waals surface area contributed by atoms with Gasteiger partial charge in [-0.2, -0.15) is 4.99 Å². The minimum atomic E-state index is -0.366. The zero-order chi connectivity index (χ0) is 20.2. The second-order valence-electron chi connectivity index (χ2n) is 6.06. The molecule has 0 N–H and O–H groups in total. The molecule has 0 atom stereocenters. The van der Waals surface area contributed by atoms with E-state index in [-0.39, 0.29) is 25.1 Å². The number of nitrogens with zero attached hydrogens (tertiary/aromatic N) is 2.